The second-order valence-electron chi connectivity index (χ2n) is 8.24. The molecule has 1 saturated heterocycles. The van der Waals surface area contributed by atoms with E-state index in [1.54, 1.807) is 0 Å². The highest BCUT2D eigenvalue weighted by atomic mass is 32.2. The highest BCUT2D eigenvalue weighted by Crippen LogP contribution is 2.37. The summed E-state index contributed by atoms with van der Waals surface area (Å²) in [5.41, 5.74) is 2.71. The molecule has 3 aliphatic rings. The lowest BCUT2D eigenvalue weighted by atomic mass is 9.78. The molecule has 5 nitrogen and oxygen atoms in total. The van der Waals surface area contributed by atoms with Crippen LogP contribution < -0.4 is 4.31 Å². The van der Waals surface area contributed by atoms with E-state index in [0.717, 1.165) is 35.7 Å². The SMILES string of the molecule is CS(=O)(=O)N1CCc2cc(C(O)CN3CCCC4CCCCC43)ccc21. The van der Waals surface area contributed by atoms with Crippen LogP contribution in [0.4, 0.5) is 5.69 Å². The molecule has 1 N–H and O–H groups in total. The lowest BCUT2D eigenvalue weighted by Gasteiger charge is -2.44. The van der Waals surface area contributed by atoms with Crippen LogP contribution in [0.25, 0.3) is 0 Å². The number of piperidine rings is 1. The molecule has 1 saturated carbocycles. The molecule has 0 amide bonds. The molecule has 1 aromatic carbocycles. The summed E-state index contributed by atoms with van der Waals surface area (Å²) in [6.07, 6.45) is 9.33. The number of anilines is 1. The van der Waals surface area contributed by atoms with E-state index < -0.39 is 16.1 Å². The maximum atomic E-state index is 11.9. The topological polar surface area (TPSA) is 60.9 Å². The normalized spacial score (nSPS) is 27.8. The molecule has 0 spiro atoms. The zero-order valence-electron chi connectivity index (χ0n) is 15.6. The lowest BCUT2D eigenvalue weighted by molar-refractivity contribution is 0.0205. The zero-order valence-corrected chi connectivity index (χ0v) is 16.4. The Balaban J connectivity index is 1.48. The summed E-state index contributed by atoms with van der Waals surface area (Å²) < 4.78 is 25.2. The predicted molar refractivity (Wildman–Crippen MR) is 104 cm³/mol. The molecule has 1 aromatic rings. The third-order valence-electron chi connectivity index (χ3n) is 6.51. The number of hydrogen-bond donors (Lipinski definition) is 1. The molecule has 4 rings (SSSR count). The van der Waals surface area contributed by atoms with Crippen LogP contribution in [0.5, 0.6) is 0 Å². The molecule has 1 aliphatic carbocycles. The number of rotatable bonds is 4. The van der Waals surface area contributed by atoms with E-state index in [0.29, 0.717) is 19.1 Å². The van der Waals surface area contributed by atoms with Gasteiger partial charge in [0.1, 0.15) is 0 Å². The molecule has 26 heavy (non-hydrogen) atoms. The molecule has 2 fully saturated rings. The second-order valence-corrected chi connectivity index (χ2v) is 10.1. The number of aliphatic hydroxyl groups is 1. The van der Waals surface area contributed by atoms with Crippen LogP contribution in [0.2, 0.25) is 0 Å². The second kappa shape index (κ2) is 7.13. The van der Waals surface area contributed by atoms with Gasteiger partial charge in [-0.3, -0.25) is 9.21 Å². The fourth-order valence-corrected chi connectivity index (χ4v) is 6.18. The molecule has 144 valence electrons. The van der Waals surface area contributed by atoms with Crippen molar-refractivity contribution in [2.24, 2.45) is 5.92 Å². The first kappa shape index (κ1) is 18.3. The quantitative estimate of drug-likeness (QED) is 0.875. The number of likely N-dealkylation sites (tertiary alicyclic amines) is 1. The van der Waals surface area contributed by atoms with Crippen molar-refractivity contribution < 1.29 is 13.5 Å². The zero-order chi connectivity index (χ0) is 18.3. The molecule has 0 bridgehead atoms. The third kappa shape index (κ3) is 3.51. The van der Waals surface area contributed by atoms with Gasteiger partial charge in [-0.2, -0.15) is 0 Å². The predicted octanol–water partition coefficient (Wildman–Crippen LogP) is 2.70. The Morgan fingerprint density at radius 2 is 1.92 bits per heavy atom. The fraction of sp³-hybridized carbons (Fsp3) is 0.700. The van der Waals surface area contributed by atoms with Gasteiger partial charge in [-0.25, -0.2) is 8.42 Å². The van der Waals surface area contributed by atoms with Gasteiger partial charge < -0.3 is 5.11 Å². The van der Waals surface area contributed by atoms with Crippen molar-refractivity contribution in [1.29, 1.82) is 0 Å². The van der Waals surface area contributed by atoms with E-state index in [1.165, 1.54) is 49.1 Å². The van der Waals surface area contributed by atoms with E-state index in [2.05, 4.69) is 4.90 Å². The molecular formula is C20H30N2O3S. The average molecular weight is 379 g/mol. The van der Waals surface area contributed by atoms with E-state index in [1.807, 2.05) is 18.2 Å². The van der Waals surface area contributed by atoms with Gasteiger partial charge in [0.15, 0.2) is 0 Å². The Kier molecular flexibility index (Phi) is 5.01. The number of aliphatic hydroxyl groups excluding tert-OH is 1. The standard InChI is InChI=1S/C20H30N2O3S/c1-26(24,25)22-12-10-16-13-17(8-9-19(16)22)20(23)14-21-11-4-6-15-5-2-3-7-18(15)21/h8-9,13,15,18,20,23H,2-7,10-12,14H2,1H3. The van der Waals surface area contributed by atoms with Gasteiger partial charge in [-0.1, -0.05) is 25.0 Å². The summed E-state index contributed by atoms with van der Waals surface area (Å²) in [6, 6.07) is 6.41. The first-order chi connectivity index (χ1) is 12.4. The van der Waals surface area contributed by atoms with Crippen LogP contribution in [-0.2, 0) is 16.4 Å². The Bertz CT molecular complexity index is 762. The van der Waals surface area contributed by atoms with Crippen molar-refractivity contribution in [3.63, 3.8) is 0 Å². The van der Waals surface area contributed by atoms with Gasteiger partial charge in [-0.05, 0) is 61.8 Å². The van der Waals surface area contributed by atoms with Crippen molar-refractivity contribution in [1.82, 2.24) is 4.90 Å². The van der Waals surface area contributed by atoms with Crippen molar-refractivity contribution in [2.45, 2.75) is 57.1 Å². The molecule has 0 aromatic heterocycles. The number of hydrogen-bond acceptors (Lipinski definition) is 4. The van der Waals surface area contributed by atoms with E-state index >= 15 is 0 Å². The fourth-order valence-electron chi connectivity index (χ4n) is 5.23. The summed E-state index contributed by atoms with van der Waals surface area (Å²) in [7, 11) is -3.22. The number of nitrogens with zero attached hydrogens (tertiary/aromatic N) is 2. The first-order valence-electron chi connectivity index (χ1n) is 9.96. The minimum absolute atomic E-state index is 0.504. The Labute approximate surface area is 157 Å². The van der Waals surface area contributed by atoms with Gasteiger partial charge in [0, 0.05) is 19.1 Å². The van der Waals surface area contributed by atoms with E-state index in [-0.39, 0.29) is 0 Å². The van der Waals surface area contributed by atoms with Crippen LogP contribution in [0.15, 0.2) is 18.2 Å². The molecule has 0 radical (unpaired) electrons. The molecular weight excluding hydrogens is 348 g/mol. The first-order valence-corrected chi connectivity index (χ1v) is 11.8. The van der Waals surface area contributed by atoms with Crippen LogP contribution in [-0.4, -0.2) is 50.4 Å². The Morgan fingerprint density at radius 1 is 1.15 bits per heavy atom. The highest BCUT2D eigenvalue weighted by molar-refractivity contribution is 7.92. The summed E-state index contributed by atoms with van der Waals surface area (Å²) in [4.78, 5) is 2.51. The molecule has 3 atom stereocenters. The van der Waals surface area contributed by atoms with Crippen molar-refractivity contribution in [3.8, 4) is 0 Å². The monoisotopic (exact) mass is 378 g/mol. The maximum absolute atomic E-state index is 11.9. The van der Waals surface area contributed by atoms with Crippen molar-refractivity contribution in [2.75, 3.05) is 30.2 Å². The number of β-amino-alcohol motifs (C(OH)–C–C–N with tert-alkyl or cyclic N) is 1. The van der Waals surface area contributed by atoms with Crippen LogP contribution in [0.1, 0.15) is 55.8 Å². The van der Waals surface area contributed by atoms with E-state index in [9.17, 15) is 13.5 Å². The van der Waals surface area contributed by atoms with E-state index in [4.69, 9.17) is 0 Å². The Morgan fingerprint density at radius 3 is 2.73 bits per heavy atom. The number of sulfonamides is 1. The molecule has 6 heteroatoms. The highest BCUT2D eigenvalue weighted by Gasteiger charge is 2.34. The van der Waals surface area contributed by atoms with Gasteiger partial charge in [0.2, 0.25) is 10.0 Å². The minimum Gasteiger partial charge on any atom is -0.387 e. The largest absolute Gasteiger partial charge is 0.387 e. The number of fused-ring (bicyclic) bond motifs is 2. The lowest BCUT2D eigenvalue weighted by Crippen LogP contribution is -2.48. The summed E-state index contributed by atoms with van der Waals surface area (Å²) >= 11 is 0. The number of benzene rings is 1. The smallest absolute Gasteiger partial charge is 0.232 e. The maximum Gasteiger partial charge on any atom is 0.232 e. The molecule has 2 heterocycles. The summed E-state index contributed by atoms with van der Waals surface area (Å²) in [5, 5.41) is 10.8. The Hall–Kier alpha value is -1.11. The van der Waals surface area contributed by atoms with Gasteiger partial charge in [-0.15, -0.1) is 0 Å². The van der Waals surface area contributed by atoms with Gasteiger partial charge in [0.05, 0.1) is 18.0 Å². The average Bonchev–Trinajstić information content (AvgIpc) is 3.05. The van der Waals surface area contributed by atoms with Crippen molar-refractivity contribution in [3.05, 3.63) is 29.3 Å². The minimum atomic E-state index is -3.22. The van der Waals surface area contributed by atoms with Crippen LogP contribution >= 0.6 is 0 Å². The summed E-state index contributed by atoms with van der Waals surface area (Å²) in [6.45, 7) is 2.28. The molecule has 3 unspecified atom stereocenters. The van der Waals surface area contributed by atoms with Crippen molar-refractivity contribution >= 4 is 15.7 Å². The van der Waals surface area contributed by atoms with Gasteiger partial charge in [0.25, 0.3) is 0 Å². The summed E-state index contributed by atoms with van der Waals surface area (Å²) in [5.74, 6) is 0.813. The van der Waals surface area contributed by atoms with Gasteiger partial charge >= 0.3 is 0 Å². The van der Waals surface area contributed by atoms with Crippen LogP contribution in [0, 0.1) is 5.92 Å². The third-order valence-corrected chi connectivity index (χ3v) is 7.69. The molecule has 2 aliphatic heterocycles. The van der Waals surface area contributed by atoms with Crippen LogP contribution in [0.3, 0.4) is 0 Å².